The van der Waals surface area contributed by atoms with Gasteiger partial charge >= 0.3 is 0 Å². The molecule has 0 unspecified atom stereocenters. The molecule has 8 aromatic carbocycles. The average Bonchev–Trinajstić information content (AvgIpc) is 3.79. The molecule has 4 heteroatoms. The number of hydrogen-bond acceptors (Lipinski definition) is 3. The fourth-order valence-electron chi connectivity index (χ4n) is 9.31. The lowest BCUT2D eigenvalue weighted by Crippen LogP contribution is -2.15. The highest BCUT2D eigenvalue weighted by Crippen LogP contribution is 2.50. The molecular formula is C47H29N3O. The summed E-state index contributed by atoms with van der Waals surface area (Å²) in [7, 11) is 0. The maximum Gasteiger partial charge on any atom is 0.235 e. The van der Waals surface area contributed by atoms with Gasteiger partial charge in [0.25, 0.3) is 0 Å². The van der Waals surface area contributed by atoms with Crippen molar-refractivity contribution in [2.75, 3.05) is 0 Å². The van der Waals surface area contributed by atoms with Gasteiger partial charge in [-0.1, -0.05) is 117 Å². The molecular weight excluding hydrogens is 623 g/mol. The highest BCUT2D eigenvalue weighted by molar-refractivity contribution is 6.38. The van der Waals surface area contributed by atoms with Crippen LogP contribution < -0.4 is 0 Å². The van der Waals surface area contributed by atoms with E-state index in [0.29, 0.717) is 5.95 Å². The summed E-state index contributed by atoms with van der Waals surface area (Å²) in [5, 5.41) is 10.5. The third kappa shape index (κ3) is 3.39. The first kappa shape index (κ1) is 27.3. The van der Waals surface area contributed by atoms with Gasteiger partial charge in [0.05, 0.1) is 22.2 Å². The molecule has 0 saturated heterocycles. The Hall–Kier alpha value is -6.52. The molecule has 3 aromatic heterocycles. The Bertz CT molecular complexity index is 3290. The first-order valence-electron chi connectivity index (χ1n) is 17.6. The smallest absolute Gasteiger partial charge is 0.235 e. The van der Waals surface area contributed by atoms with Crippen molar-refractivity contribution in [2.45, 2.75) is 19.3 Å². The summed E-state index contributed by atoms with van der Waals surface area (Å²) in [6.45, 7) is 4.66. The van der Waals surface area contributed by atoms with Crippen molar-refractivity contribution in [3.8, 4) is 28.3 Å². The lowest BCUT2D eigenvalue weighted by atomic mass is 9.82. The number of rotatable bonds is 2. The van der Waals surface area contributed by atoms with Crippen molar-refractivity contribution in [1.29, 1.82) is 0 Å². The van der Waals surface area contributed by atoms with E-state index in [1.807, 2.05) is 0 Å². The van der Waals surface area contributed by atoms with Crippen LogP contribution in [-0.4, -0.2) is 14.5 Å². The Morgan fingerprint density at radius 2 is 1.16 bits per heavy atom. The van der Waals surface area contributed by atoms with Crippen LogP contribution in [0, 0.1) is 0 Å². The second-order valence-corrected chi connectivity index (χ2v) is 14.5. The maximum atomic E-state index is 6.58. The first-order valence-corrected chi connectivity index (χ1v) is 17.6. The van der Waals surface area contributed by atoms with E-state index in [0.717, 1.165) is 55.1 Å². The summed E-state index contributed by atoms with van der Waals surface area (Å²) in [6.07, 6.45) is 0. The summed E-state index contributed by atoms with van der Waals surface area (Å²) in [4.78, 5) is 10.8. The van der Waals surface area contributed by atoms with Gasteiger partial charge in [-0.3, -0.25) is 4.57 Å². The molecule has 11 aromatic rings. The molecule has 0 saturated carbocycles. The predicted molar refractivity (Wildman–Crippen MR) is 210 cm³/mol. The Balaban J connectivity index is 1.22. The highest BCUT2D eigenvalue weighted by atomic mass is 16.3. The number of aromatic nitrogens is 3. The summed E-state index contributed by atoms with van der Waals surface area (Å²) >= 11 is 0. The monoisotopic (exact) mass is 651 g/mol. The highest BCUT2D eigenvalue weighted by Gasteiger charge is 2.35. The van der Waals surface area contributed by atoms with Gasteiger partial charge in [-0.15, -0.1) is 0 Å². The van der Waals surface area contributed by atoms with Crippen molar-refractivity contribution in [3.63, 3.8) is 0 Å². The van der Waals surface area contributed by atoms with Gasteiger partial charge in [0.1, 0.15) is 11.2 Å². The van der Waals surface area contributed by atoms with E-state index < -0.39 is 0 Å². The molecule has 1 aliphatic rings. The van der Waals surface area contributed by atoms with E-state index >= 15 is 0 Å². The van der Waals surface area contributed by atoms with Gasteiger partial charge in [0.2, 0.25) is 5.95 Å². The molecule has 0 radical (unpaired) electrons. The minimum Gasteiger partial charge on any atom is -0.456 e. The molecule has 3 heterocycles. The van der Waals surface area contributed by atoms with Crippen molar-refractivity contribution < 1.29 is 4.42 Å². The van der Waals surface area contributed by atoms with Crippen LogP contribution in [0.15, 0.2) is 144 Å². The summed E-state index contributed by atoms with van der Waals surface area (Å²) in [5.41, 5.74) is 12.1. The first-order chi connectivity index (χ1) is 25.1. The third-order valence-electron chi connectivity index (χ3n) is 11.6. The van der Waals surface area contributed by atoms with Crippen LogP contribution in [0.25, 0.3) is 105 Å². The Labute approximate surface area is 292 Å². The molecule has 51 heavy (non-hydrogen) atoms. The van der Waals surface area contributed by atoms with E-state index in [1.54, 1.807) is 0 Å². The molecule has 0 N–H and O–H groups in total. The largest absolute Gasteiger partial charge is 0.456 e. The molecule has 4 nitrogen and oxygen atoms in total. The standard InChI is InChI=1S/C47H29N3O/c1-47(2)34-17-7-5-13-29(34)30-22-21-26(25-35(30)47)45-33-14-6-8-18-36(33)48-46(49-45)50-37-19-9-15-31-27-11-3-4-12-28(27)32-16-10-20-39-42(32)44-40(51-39)24-23-38(50)43(44)41(31)37/h3-25H,1-2H3. The molecule has 0 spiro atoms. The van der Waals surface area contributed by atoms with Crippen LogP contribution in [0.4, 0.5) is 0 Å². The quantitative estimate of drug-likeness (QED) is 0.187. The third-order valence-corrected chi connectivity index (χ3v) is 11.6. The van der Waals surface area contributed by atoms with Crippen LogP contribution in [0.3, 0.4) is 0 Å². The van der Waals surface area contributed by atoms with E-state index in [9.17, 15) is 0 Å². The molecule has 0 bridgehead atoms. The van der Waals surface area contributed by atoms with Crippen molar-refractivity contribution in [1.82, 2.24) is 14.5 Å². The summed E-state index contributed by atoms with van der Waals surface area (Å²) < 4.78 is 8.85. The minimum absolute atomic E-state index is 0.114. The van der Waals surface area contributed by atoms with Crippen molar-refractivity contribution >= 4 is 76.2 Å². The zero-order valence-electron chi connectivity index (χ0n) is 28.0. The molecule has 238 valence electrons. The Morgan fingerprint density at radius 3 is 2.02 bits per heavy atom. The van der Waals surface area contributed by atoms with E-state index in [4.69, 9.17) is 14.4 Å². The van der Waals surface area contributed by atoms with Crippen LogP contribution in [0.1, 0.15) is 25.0 Å². The number of furan rings is 1. The number of fused-ring (bicyclic) bond motifs is 7. The minimum atomic E-state index is -0.114. The van der Waals surface area contributed by atoms with Gasteiger partial charge < -0.3 is 4.42 Å². The Morgan fingerprint density at radius 1 is 0.490 bits per heavy atom. The van der Waals surface area contributed by atoms with E-state index in [2.05, 4.69) is 158 Å². The molecule has 12 rings (SSSR count). The predicted octanol–water partition coefficient (Wildman–Crippen LogP) is 12.3. The van der Waals surface area contributed by atoms with Crippen LogP contribution in [-0.2, 0) is 5.41 Å². The van der Waals surface area contributed by atoms with Crippen LogP contribution in [0.2, 0.25) is 0 Å². The van der Waals surface area contributed by atoms with Gasteiger partial charge in [0, 0.05) is 37.9 Å². The summed E-state index contributed by atoms with van der Waals surface area (Å²) in [6, 6.07) is 50.2. The molecule has 0 aliphatic heterocycles. The SMILES string of the molecule is CC1(C)c2ccccc2-c2ccc(-c3nc(-n4c5cccc6c7ccccc7c7cccc8oc9ccc4c(c9c87)c65)nc4ccccc34)cc21. The number of nitrogens with zero attached hydrogens (tertiary/aromatic N) is 3. The van der Waals surface area contributed by atoms with Gasteiger partial charge in [0.15, 0.2) is 0 Å². The summed E-state index contributed by atoms with van der Waals surface area (Å²) in [5.74, 6) is 0.656. The average molecular weight is 652 g/mol. The molecule has 0 amide bonds. The van der Waals surface area contributed by atoms with Gasteiger partial charge in [-0.25, -0.2) is 9.97 Å². The zero-order chi connectivity index (χ0) is 33.6. The zero-order valence-corrected chi connectivity index (χ0v) is 28.0. The van der Waals surface area contributed by atoms with E-state index in [1.165, 1.54) is 54.6 Å². The van der Waals surface area contributed by atoms with Crippen molar-refractivity contribution in [2.24, 2.45) is 0 Å². The number of para-hydroxylation sites is 1. The lowest BCUT2D eigenvalue weighted by molar-refractivity contribution is 0.660. The number of benzene rings is 7. The Kier molecular flexibility index (Phi) is 5.02. The fourth-order valence-corrected chi connectivity index (χ4v) is 9.31. The van der Waals surface area contributed by atoms with Gasteiger partial charge in [-0.05, 0) is 80.2 Å². The van der Waals surface area contributed by atoms with Gasteiger partial charge in [-0.2, -0.15) is 0 Å². The van der Waals surface area contributed by atoms with Crippen LogP contribution in [0.5, 0.6) is 0 Å². The van der Waals surface area contributed by atoms with Crippen molar-refractivity contribution in [3.05, 3.63) is 151 Å². The second-order valence-electron chi connectivity index (χ2n) is 14.5. The lowest BCUT2D eigenvalue weighted by Gasteiger charge is -2.22. The topological polar surface area (TPSA) is 43.9 Å². The second kappa shape index (κ2) is 9.38. The normalized spacial score (nSPS) is 13.8. The van der Waals surface area contributed by atoms with Crippen LogP contribution >= 0.6 is 0 Å². The van der Waals surface area contributed by atoms with E-state index in [-0.39, 0.29) is 5.41 Å². The molecule has 0 fully saturated rings. The fraction of sp³-hybridized carbons (Fsp3) is 0.0638. The molecule has 1 aliphatic carbocycles. The number of hydrogen-bond donors (Lipinski definition) is 0. The maximum absolute atomic E-state index is 6.58. The molecule has 0 atom stereocenters.